The summed E-state index contributed by atoms with van der Waals surface area (Å²) in [6.07, 6.45) is 9.15. The predicted octanol–water partition coefficient (Wildman–Crippen LogP) is 12.9. The van der Waals surface area contributed by atoms with E-state index < -0.39 is 17.9 Å². The number of pyridine rings is 5. The lowest BCUT2D eigenvalue weighted by molar-refractivity contribution is -0.135. The molecule has 101 heavy (non-hydrogen) atoms. The number of carbonyl (C=O) groups excluding carboxylic acids is 4. The first-order valence-corrected chi connectivity index (χ1v) is 35.1. The minimum absolute atomic E-state index is 0.201. The average Bonchev–Trinajstić information content (AvgIpc) is 1.81. The van der Waals surface area contributed by atoms with Gasteiger partial charge in [0.2, 0.25) is 17.5 Å². The van der Waals surface area contributed by atoms with Crippen LogP contribution in [-0.2, 0) is 72.4 Å². The zero-order chi connectivity index (χ0) is 72.4. The van der Waals surface area contributed by atoms with Gasteiger partial charge < -0.3 is 34.4 Å². The Labute approximate surface area is 614 Å². The number of ether oxygens (including phenoxy) is 3. The fraction of sp³-hybridized carbons (Fsp3) is 0.254. The number of hydrogen-bond acceptors (Lipinski definition) is 21. The van der Waals surface area contributed by atoms with Gasteiger partial charge >= 0.3 is 17.9 Å². The van der Waals surface area contributed by atoms with Crippen molar-refractivity contribution in [3.8, 4) is 0 Å². The van der Waals surface area contributed by atoms with Crippen molar-refractivity contribution < 1.29 is 33.4 Å². The average molecular weight is 1560 g/mol. The lowest BCUT2D eigenvalue weighted by Crippen LogP contribution is -2.27. The summed E-state index contributed by atoms with van der Waals surface area (Å²) in [5.41, 5.74) is 17.4. The number of fused-ring (bicyclic) bond motifs is 4. The molecule has 1 amide bonds. The molecule has 0 atom stereocenters. The van der Waals surface area contributed by atoms with Gasteiger partial charge in [-0.3, -0.25) is 24.7 Å². The Hall–Kier alpha value is -10.0. The third kappa shape index (κ3) is 19.9. The summed E-state index contributed by atoms with van der Waals surface area (Å²) in [5.74, 6) is 1.41. The van der Waals surface area contributed by atoms with Crippen LogP contribution in [0.15, 0.2) is 138 Å². The molecule has 12 aromatic rings. The summed E-state index contributed by atoms with van der Waals surface area (Å²) in [5, 5.41) is 37.7. The van der Waals surface area contributed by atoms with Crippen LogP contribution in [0, 0.1) is 13.8 Å². The zero-order valence-corrected chi connectivity index (χ0v) is 61.6. The molecule has 9 heterocycles. The van der Waals surface area contributed by atoms with E-state index in [9.17, 15) is 19.2 Å². The van der Waals surface area contributed by atoms with Gasteiger partial charge in [-0.2, -0.15) is 10.2 Å². The van der Waals surface area contributed by atoms with Crippen LogP contribution < -0.4 is 11.1 Å². The fourth-order valence-electron chi connectivity index (χ4n) is 10.6. The Kier molecular flexibility index (Phi) is 26.3. The standard InChI is InChI=1S/C22H22ClN7O.2C16H15ClN4O2.C16H14ClN3O2.CH3I/c1-12-6-19(24)27-13(2)17(12)11-26-22(31)21-29-28-20(30(21)3)8-14-4-5-18-15(7-14)9-16(23)10-25-18;1-3-23-16(22)15-20-19-14(21(15)2)7-10-4-5-13-11(6-10)8-12(17)9-18-13;1-3-23-16(22)15-19-14(20-21(15)2)7-10-4-5-13-11(6-10)8-12(17)9-18-13;1-2-22-16(21)15-8-13(19-20-15)6-10-3-4-14-11(5-10)7-12(17)9-18-14;1-2/h4-7,9-10H,8,11H2,1-3H3,(H2,24,27)(H,26,31);2*4-6,8-9H,3,7H2,1-2H3;3-5,7,9H,2,6,8H2,1H3;1H3. The highest BCUT2D eigenvalue weighted by Gasteiger charge is 2.23. The van der Waals surface area contributed by atoms with Gasteiger partial charge in [-0.1, -0.05) is 93.3 Å². The molecule has 0 fully saturated rings. The summed E-state index contributed by atoms with van der Waals surface area (Å²) in [7, 11) is 5.21. The van der Waals surface area contributed by atoms with E-state index in [4.69, 9.17) is 66.3 Å². The maximum Gasteiger partial charge on any atom is 0.376 e. The van der Waals surface area contributed by atoms with Gasteiger partial charge in [0.1, 0.15) is 17.5 Å². The number of nitrogens with zero attached hydrogens (tertiary/aromatic N) is 16. The van der Waals surface area contributed by atoms with Gasteiger partial charge in [-0.15, -0.1) is 25.5 Å². The number of nitrogen functional groups attached to an aromatic ring is 1. The van der Waals surface area contributed by atoms with Gasteiger partial charge in [0.15, 0.2) is 11.5 Å². The first kappa shape index (κ1) is 75.2. The topological polar surface area (TPSA) is 315 Å². The molecule has 0 saturated heterocycles. The molecule has 30 heteroatoms. The molecule has 8 aromatic heterocycles. The summed E-state index contributed by atoms with van der Waals surface area (Å²) in [6.45, 7) is 10.4. The van der Waals surface area contributed by atoms with E-state index in [0.717, 1.165) is 88.4 Å². The second-order valence-electron chi connectivity index (χ2n) is 22.6. The molecule has 0 bridgehead atoms. The van der Waals surface area contributed by atoms with Gasteiger partial charge in [0.25, 0.3) is 5.91 Å². The number of carbonyl (C=O) groups is 4. The highest BCUT2D eigenvalue weighted by Crippen LogP contribution is 2.25. The minimum Gasteiger partial charge on any atom is -0.461 e. The lowest BCUT2D eigenvalue weighted by atomic mass is 10.0. The molecule has 0 saturated carbocycles. The molecule has 4 aromatic carbocycles. The predicted molar refractivity (Wildman–Crippen MR) is 399 cm³/mol. The number of aryl methyl sites for hydroxylation is 3. The van der Waals surface area contributed by atoms with E-state index in [0.29, 0.717) is 108 Å². The third-order valence-electron chi connectivity index (χ3n) is 15.4. The monoisotopic (exact) mass is 1550 g/mol. The number of esters is 3. The molecule has 1 aliphatic heterocycles. The van der Waals surface area contributed by atoms with E-state index in [1.54, 1.807) is 81.9 Å². The Morgan fingerprint density at radius 2 is 0.931 bits per heavy atom. The second kappa shape index (κ2) is 35.4. The van der Waals surface area contributed by atoms with Crippen LogP contribution in [0.4, 0.5) is 5.82 Å². The van der Waals surface area contributed by atoms with Crippen molar-refractivity contribution in [2.75, 3.05) is 30.5 Å². The Morgan fingerprint density at radius 3 is 1.39 bits per heavy atom. The SMILES string of the molecule is CCOC(=O)C1=NN=C(Cc2ccc3ncc(Cl)cc3c2)C1.CCOC(=O)c1nc(Cc2ccc3ncc(Cl)cc3c2)nn1C.CCOC(=O)c1nnc(Cc2ccc3ncc(Cl)cc3c2)n1C.CI.Cc1cc(N)nc(C)c1CNC(=O)c1nnc(Cc2ccc3ncc(Cl)cc3c2)n1C. The Morgan fingerprint density at radius 1 is 0.515 bits per heavy atom. The molecule has 3 N–H and O–H groups in total. The Bertz CT molecular complexity index is 5060. The van der Waals surface area contributed by atoms with Gasteiger partial charge in [0.05, 0.1) is 67.7 Å². The number of halogens is 5. The Balaban J connectivity index is 0.000000157. The van der Waals surface area contributed by atoms with Crippen molar-refractivity contribution in [1.29, 1.82) is 0 Å². The van der Waals surface area contributed by atoms with Gasteiger partial charge in [-0.25, -0.2) is 29.0 Å². The van der Waals surface area contributed by atoms with Crippen LogP contribution in [0.2, 0.25) is 20.1 Å². The lowest BCUT2D eigenvalue weighted by Gasteiger charge is -2.11. The highest BCUT2D eigenvalue weighted by molar-refractivity contribution is 14.1. The summed E-state index contributed by atoms with van der Waals surface area (Å²) in [4.78, 5) is 75.4. The quantitative estimate of drug-likeness (QED) is 0.0370. The number of hydrogen-bond donors (Lipinski definition) is 2. The van der Waals surface area contributed by atoms with Crippen LogP contribution in [0.1, 0.15) is 116 Å². The van der Waals surface area contributed by atoms with E-state index in [2.05, 4.69) is 93.5 Å². The number of anilines is 1. The number of nitrogens with two attached hydrogens (primary N) is 1. The molecule has 0 unspecified atom stereocenters. The number of aromatic nitrogens is 14. The molecule has 0 spiro atoms. The van der Waals surface area contributed by atoms with Crippen LogP contribution in [0.5, 0.6) is 0 Å². The number of rotatable bonds is 17. The van der Waals surface area contributed by atoms with Crippen LogP contribution in [-0.4, -0.2) is 129 Å². The first-order valence-electron chi connectivity index (χ1n) is 31.5. The largest absolute Gasteiger partial charge is 0.461 e. The maximum atomic E-state index is 12.7. The van der Waals surface area contributed by atoms with Gasteiger partial charge in [-0.05, 0) is 152 Å². The van der Waals surface area contributed by atoms with Crippen molar-refractivity contribution >= 4 is 154 Å². The molecule has 0 radical (unpaired) electrons. The number of amides is 1. The first-order chi connectivity index (χ1) is 48.6. The summed E-state index contributed by atoms with van der Waals surface area (Å²) < 4.78 is 19.6. The van der Waals surface area contributed by atoms with E-state index >= 15 is 0 Å². The van der Waals surface area contributed by atoms with Crippen LogP contribution in [0.3, 0.4) is 0 Å². The number of benzene rings is 4. The van der Waals surface area contributed by atoms with Crippen LogP contribution in [0.25, 0.3) is 43.6 Å². The number of nitrogens with one attached hydrogen (secondary N) is 1. The molecule has 0 aliphatic carbocycles. The van der Waals surface area contributed by atoms with E-state index in [1.165, 1.54) is 4.68 Å². The van der Waals surface area contributed by atoms with Crippen LogP contribution >= 0.6 is 69.0 Å². The van der Waals surface area contributed by atoms with Crippen molar-refractivity contribution in [3.05, 3.63) is 222 Å². The molecule has 25 nitrogen and oxygen atoms in total. The third-order valence-corrected chi connectivity index (χ3v) is 16.2. The molecule has 520 valence electrons. The normalized spacial score (nSPS) is 11.5. The molecular formula is C71H69Cl4IN18O7. The highest BCUT2D eigenvalue weighted by atomic mass is 127. The summed E-state index contributed by atoms with van der Waals surface area (Å²) >= 11 is 26.1. The molecular weight excluding hydrogens is 1490 g/mol. The zero-order valence-electron chi connectivity index (χ0n) is 56.5. The van der Waals surface area contributed by atoms with E-state index in [1.807, 2.05) is 116 Å². The summed E-state index contributed by atoms with van der Waals surface area (Å²) in [6, 6.07) is 33.0. The van der Waals surface area contributed by atoms with Crippen molar-refractivity contribution in [2.45, 2.75) is 73.3 Å². The maximum absolute atomic E-state index is 12.7. The van der Waals surface area contributed by atoms with Gasteiger partial charge in [0, 0.05) is 112 Å². The number of alkyl halides is 1. The molecule has 1 aliphatic rings. The van der Waals surface area contributed by atoms with Crippen molar-refractivity contribution in [3.63, 3.8) is 0 Å². The minimum atomic E-state index is -0.469. The van der Waals surface area contributed by atoms with Crippen molar-refractivity contribution in [2.24, 2.45) is 31.3 Å². The second-order valence-corrected chi connectivity index (χ2v) is 24.3. The fourth-order valence-corrected chi connectivity index (χ4v) is 11.2. The van der Waals surface area contributed by atoms with E-state index in [-0.39, 0.29) is 23.4 Å². The molecule has 13 rings (SSSR count). The smallest absolute Gasteiger partial charge is 0.376 e. The van der Waals surface area contributed by atoms with Crippen molar-refractivity contribution in [1.82, 2.24) is 74.5 Å².